The lowest BCUT2D eigenvalue weighted by Gasteiger charge is -2.19. The van der Waals surface area contributed by atoms with E-state index in [1.165, 1.54) is 4.43 Å². The Kier molecular flexibility index (Phi) is 4.95. The van der Waals surface area contributed by atoms with Crippen LogP contribution in [0.15, 0.2) is 0 Å². The van der Waals surface area contributed by atoms with Crippen molar-refractivity contribution in [1.29, 1.82) is 0 Å². The minimum Gasteiger partial charge on any atom is -0.303 e. The lowest BCUT2D eigenvalue weighted by Crippen LogP contribution is -2.29. The molecule has 0 aromatic carbocycles. The van der Waals surface area contributed by atoms with E-state index < -0.39 is 0 Å². The van der Waals surface area contributed by atoms with Crippen molar-refractivity contribution in [2.45, 2.75) is 19.9 Å². The molecule has 0 aliphatic heterocycles. The Morgan fingerprint density at radius 3 is 2.25 bits per heavy atom. The molecule has 50 valence electrons. The van der Waals surface area contributed by atoms with Crippen molar-refractivity contribution in [3.8, 4) is 0 Å². The Bertz CT molecular complexity index is 48.5. The van der Waals surface area contributed by atoms with Gasteiger partial charge in [0.2, 0.25) is 0 Å². The number of nitrogens with zero attached hydrogens (tertiary/aromatic N) is 1. The van der Waals surface area contributed by atoms with Crippen molar-refractivity contribution in [2.75, 3.05) is 18.0 Å². The van der Waals surface area contributed by atoms with Gasteiger partial charge in [-0.1, -0.05) is 29.5 Å². The molecule has 1 atom stereocenters. The minimum absolute atomic E-state index is 0.737. The Hall–Kier alpha value is 0.690. The van der Waals surface area contributed by atoms with Crippen LogP contribution in [-0.4, -0.2) is 29.0 Å². The van der Waals surface area contributed by atoms with Crippen LogP contribution in [0.25, 0.3) is 0 Å². The molecule has 8 heavy (non-hydrogen) atoms. The van der Waals surface area contributed by atoms with E-state index in [1.54, 1.807) is 0 Å². The van der Waals surface area contributed by atoms with E-state index in [1.807, 2.05) is 0 Å². The van der Waals surface area contributed by atoms with Gasteiger partial charge in [-0.2, -0.15) is 0 Å². The summed E-state index contributed by atoms with van der Waals surface area (Å²) in [5.74, 6) is 0. The summed E-state index contributed by atoms with van der Waals surface area (Å²) in [5.41, 5.74) is 0. The predicted molar refractivity (Wildman–Crippen MR) is 46.7 cm³/mol. The molecule has 0 heterocycles. The summed E-state index contributed by atoms with van der Waals surface area (Å²) in [7, 11) is 2.16. The molecule has 0 N–H and O–H groups in total. The summed E-state index contributed by atoms with van der Waals surface area (Å²) in [4.78, 5) is 2.34. The standard InChI is InChI=1S/C6H14IN/c1-4-8(3)6(2)5-7/h6H,4-5H2,1-3H3. The summed E-state index contributed by atoms with van der Waals surface area (Å²) < 4.78 is 1.22. The second-order valence-corrected chi connectivity index (χ2v) is 2.96. The summed E-state index contributed by atoms with van der Waals surface area (Å²) in [6.45, 7) is 5.59. The zero-order valence-corrected chi connectivity index (χ0v) is 7.97. The van der Waals surface area contributed by atoms with E-state index in [4.69, 9.17) is 0 Å². The van der Waals surface area contributed by atoms with Crippen LogP contribution in [0.2, 0.25) is 0 Å². The van der Waals surface area contributed by atoms with Crippen molar-refractivity contribution >= 4 is 22.6 Å². The number of rotatable bonds is 3. The van der Waals surface area contributed by atoms with E-state index in [-0.39, 0.29) is 0 Å². The molecule has 0 rings (SSSR count). The van der Waals surface area contributed by atoms with Crippen molar-refractivity contribution < 1.29 is 0 Å². The largest absolute Gasteiger partial charge is 0.303 e. The van der Waals surface area contributed by atoms with Gasteiger partial charge in [-0.15, -0.1) is 0 Å². The third-order valence-electron chi connectivity index (χ3n) is 1.47. The normalized spacial score (nSPS) is 14.6. The SMILES string of the molecule is CCN(C)C(C)CI. The van der Waals surface area contributed by atoms with Gasteiger partial charge < -0.3 is 4.90 Å². The van der Waals surface area contributed by atoms with Crippen LogP contribution in [0.1, 0.15) is 13.8 Å². The van der Waals surface area contributed by atoms with Crippen LogP contribution < -0.4 is 0 Å². The van der Waals surface area contributed by atoms with E-state index in [0.717, 1.165) is 12.6 Å². The van der Waals surface area contributed by atoms with Crippen molar-refractivity contribution in [3.05, 3.63) is 0 Å². The molecule has 2 heteroatoms. The monoisotopic (exact) mass is 227 g/mol. The first-order valence-electron chi connectivity index (χ1n) is 2.98. The second kappa shape index (κ2) is 4.56. The summed E-state index contributed by atoms with van der Waals surface area (Å²) >= 11 is 2.41. The van der Waals surface area contributed by atoms with E-state index >= 15 is 0 Å². The van der Waals surface area contributed by atoms with Gasteiger partial charge in [0, 0.05) is 10.5 Å². The smallest absolute Gasteiger partial charge is 0.0153 e. The van der Waals surface area contributed by atoms with Gasteiger partial charge in [-0.05, 0) is 20.5 Å². The zero-order chi connectivity index (χ0) is 6.57. The Morgan fingerprint density at radius 2 is 2.12 bits per heavy atom. The van der Waals surface area contributed by atoms with E-state index in [0.29, 0.717) is 0 Å². The Labute approximate surface area is 65.6 Å². The maximum Gasteiger partial charge on any atom is 0.0153 e. The fourth-order valence-corrected chi connectivity index (χ4v) is 1.10. The molecular weight excluding hydrogens is 213 g/mol. The van der Waals surface area contributed by atoms with E-state index in [9.17, 15) is 0 Å². The molecule has 0 aliphatic rings. The number of halogens is 1. The first-order chi connectivity index (χ1) is 3.72. The maximum absolute atomic E-state index is 2.41. The fourth-order valence-electron chi connectivity index (χ4n) is 0.429. The topological polar surface area (TPSA) is 3.24 Å². The molecular formula is C6H14IN. The number of hydrogen-bond acceptors (Lipinski definition) is 1. The van der Waals surface area contributed by atoms with Crippen LogP contribution in [0, 0.1) is 0 Å². The molecule has 0 spiro atoms. The summed E-state index contributed by atoms with van der Waals surface area (Å²) in [5, 5.41) is 0. The molecule has 0 saturated heterocycles. The average molecular weight is 227 g/mol. The van der Waals surface area contributed by atoms with Crippen LogP contribution >= 0.6 is 22.6 Å². The van der Waals surface area contributed by atoms with Gasteiger partial charge >= 0.3 is 0 Å². The summed E-state index contributed by atoms with van der Waals surface area (Å²) in [6, 6.07) is 0.737. The first kappa shape index (κ1) is 8.69. The highest BCUT2D eigenvalue weighted by Gasteiger charge is 2.02. The van der Waals surface area contributed by atoms with Crippen LogP contribution in [0.4, 0.5) is 0 Å². The first-order valence-corrected chi connectivity index (χ1v) is 4.51. The van der Waals surface area contributed by atoms with Gasteiger partial charge in [-0.25, -0.2) is 0 Å². The number of alkyl halides is 1. The predicted octanol–water partition coefficient (Wildman–Crippen LogP) is 1.76. The molecule has 0 aromatic rings. The molecule has 0 bridgehead atoms. The van der Waals surface area contributed by atoms with Crippen LogP contribution in [0.5, 0.6) is 0 Å². The van der Waals surface area contributed by atoms with E-state index in [2.05, 4.69) is 48.4 Å². The molecule has 1 nitrogen and oxygen atoms in total. The average Bonchev–Trinajstić information content (AvgIpc) is 1.84. The van der Waals surface area contributed by atoms with Crippen LogP contribution in [-0.2, 0) is 0 Å². The van der Waals surface area contributed by atoms with Gasteiger partial charge in [0.15, 0.2) is 0 Å². The fraction of sp³-hybridized carbons (Fsp3) is 1.00. The second-order valence-electron chi connectivity index (χ2n) is 2.08. The highest BCUT2D eigenvalue weighted by molar-refractivity contribution is 14.1. The van der Waals surface area contributed by atoms with Gasteiger partial charge in [-0.3, -0.25) is 0 Å². The van der Waals surface area contributed by atoms with Crippen molar-refractivity contribution in [2.24, 2.45) is 0 Å². The molecule has 1 unspecified atom stereocenters. The lowest BCUT2D eigenvalue weighted by molar-refractivity contribution is 0.296. The molecule has 0 aliphatic carbocycles. The number of hydrogen-bond donors (Lipinski definition) is 0. The zero-order valence-electron chi connectivity index (χ0n) is 5.82. The van der Waals surface area contributed by atoms with Crippen molar-refractivity contribution in [1.82, 2.24) is 4.90 Å². The van der Waals surface area contributed by atoms with Crippen molar-refractivity contribution in [3.63, 3.8) is 0 Å². The van der Waals surface area contributed by atoms with Gasteiger partial charge in [0.25, 0.3) is 0 Å². The third-order valence-corrected chi connectivity index (χ3v) is 2.75. The summed E-state index contributed by atoms with van der Waals surface area (Å²) in [6.07, 6.45) is 0. The minimum atomic E-state index is 0.737. The molecule has 0 fully saturated rings. The maximum atomic E-state index is 2.41. The molecule has 0 amide bonds. The lowest BCUT2D eigenvalue weighted by atomic mass is 10.3. The molecule has 0 saturated carbocycles. The highest BCUT2D eigenvalue weighted by atomic mass is 127. The van der Waals surface area contributed by atoms with Crippen LogP contribution in [0.3, 0.4) is 0 Å². The van der Waals surface area contributed by atoms with Gasteiger partial charge in [0.05, 0.1) is 0 Å². The molecule has 0 radical (unpaired) electrons. The Morgan fingerprint density at radius 1 is 1.62 bits per heavy atom. The third kappa shape index (κ3) is 2.87. The quantitative estimate of drug-likeness (QED) is 0.524. The highest BCUT2D eigenvalue weighted by Crippen LogP contribution is 1.97. The van der Waals surface area contributed by atoms with Gasteiger partial charge in [0.1, 0.15) is 0 Å². The molecule has 0 aromatic heterocycles. The Balaban J connectivity index is 3.29.